The number of aromatic nitrogens is 4. The van der Waals surface area contributed by atoms with Gasteiger partial charge in [-0.1, -0.05) is 20.8 Å². The Balaban J connectivity index is 1.67. The molecule has 2 aromatic heterocycles. The lowest BCUT2D eigenvalue weighted by molar-refractivity contribution is -0.138. The van der Waals surface area contributed by atoms with Crippen LogP contribution in [0.1, 0.15) is 52.8 Å². The molecule has 0 N–H and O–H groups in total. The van der Waals surface area contributed by atoms with Crippen LogP contribution in [-0.4, -0.2) is 43.6 Å². The predicted molar refractivity (Wildman–Crippen MR) is 101 cm³/mol. The molecule has 0 bridgehead atoms. The third-order valence-corrected chi connectivity index (χ3v) is 4.82. The SMILES string of the molecule is CC(C)n1cc(-c2cncc(CC3CCN(C(=O)C(C)(C)C)C3)n2)cn1. The lowest BCUT2D eigenvalue weighted by atomic mass is 9.95. The highest BCUT2D eigenvalue weighted by atomic mass is 16.2. The maximum Gasteiger partial charge on any atom is 0.227 e. The molecule has 1 aliphatic rings. The molecule has 1 amide bonds. The van der Waals surface area contributed by atoms with E-state index in [0.717, 1.165) is 42.9 Å². The van der Waals surface area contributed by atoms with E-state index < -0.39 is 0 Å². The molecule has 0 aromatic carbocycles. The molecule has 1 atom stereocenters. The number of nitrogens with zero attached hydrogens (tertiary/aromatic N) is 5. The second-order valence-electron chi connectivity index (χ2n) is 8.56. The molecule has 1 aliphatic heterocycles. The molecule has 2 aromatic rings. The Labute approximate surface area is 155 Å². The number of hydrogen-bond acceptors (Lipinski definition) is 4. The second kappa shape index (κ2) is 7.17. The molecular formula is C20H29N5O. The highest BCUT2D eigenvalue weighted by Gasteiger charge is 2.32. The molecule has 1 fully saturated rings. The van der Waals surface area contributed by atoms with Crippen LogP contribution < -0.4 is 0 Å². The van der Waals surface area contributed by atoms with Gasteiger partial charge in [0.05, 0.1) is 23.8 Å². The first-order valence-corrected chi connectivity index (χ1v) is 9.39. The Hall–Kier alpha value is -2.24. The zero-order valence-electron chi connectivity index (χ0n) is 16.4. The number of carbonyl (C=O) groups excluding carboxylic acids is 1. The van der Waals surface area contributed by atoms with Crippen molar-refractivity contribution in [3.8, 4) is 11.3 Å². The number of amides is 1. The molecule has 0 radical (unpaired) electrons. The fourth-order valence-electron chi connectivity index (χ4n) is 3.35. The van der Waals surface area contributed by atoms with Crippen LogP contribution in [0.2, 0.25) is 0 Å². The Morgan fingerprint density at radius 2 is 2.04 bits per heavy atom. The van der Waals surface area contributed by atoms with Crippen molar-refractivity contribution in [1.29, 1.82) is 0 Å². The number of carbonyl (C=O) groups is 1. The van der Waals surface area contributed by atoms with Gasteiger partial charge in [-0.05, 0) is 32.6 Å². The molecule has 0 spiro atoms. The molecule has 0 aliphatic carbocycles. The maximum atomic E-state index is 12.4. The van der Waals surface area contributed by atoms with Gasteiger partial charge in [0, 0.05) is 42.5 Å². The van der Waals surface area contributed by atoms with E-state index in [2.05, 4.69) is 23.9 Å². The summed E-state index contributed by atoms with van der Waals surface area (Å²) in [5, 5.41) is 4.38. The number of rotatable bonds is 4. The van der Waals surface area contributed by atoms with Gasteiger partial charge < -0.3 is 4.90 Å². The fourth-order valence-corrected chi connectivity index (χ4v) is 3.35. The van der Waals surface area contributed by atoms with E-state index in [1.165, 1.54) is 0 Å². The third kappa shape index (κ3) is 4.11. The normalized spacial score (nSPS) is 17.9. The zero-order valence-corrected chi connectivity index (χ0v) is 16.4. The van der Waals surface area contributed by atoms with Crippen molar-refractivity contribution in [2.45, 2.75) is 53.5 Å². The van der Waals surface area contributed by atoms with Gasteiger partial charge in [-0.3, -0.25) is 14.5 Å². The van der Waals surface area contributed by atoms with Crippen LogP contribution in [0.4, 0.5) is 0 Å². The van der Waals surface area contributed by atoms with Gasteiger partial charge in [0.1, 0.15) is 0 Å². The quantitative estimate of drug-likeness (QED) is 0.843. The van der Waals surface area contributed by atoms with Crippen molar-refractivity contribution < 1.29 is 4.79 Å². The molecule has 6 heteroatoms. The number of likely N-dealkylation sites (tertiary alicyclic amines) is 1. The van der Waals surface area contributed by atoms with Crippen LogP contribution >= 0.6 is 0 Å². The molecule has 3 rings (SSSR count). The predicted octanol–water partition coefficient (Wildman–Crippen LogP) is 3.36. The minimum atomic E-state index is -0.314. The summed E-state index contributed by atoms with van der Waals surface area (Å²) in [5.74, 6) is 0.685. The van der Waals surface area contributed by atoms with Gasteiger partial charge in [-0.15, -0.1) is 0 Å². The van der Waals surface area contributed by atoms with E-state index in [9.17, 15) is 4.79 Å². The van der Waals surface area contributed by atoms with Gasteiger partial charge in [0.25, 0.3) is 0 Å². The first-order chi connectivity index (χ1) is 12.2. The van der Waals surface area contributed by atoms with Crippen molar-refractivity contribution in [3.05, 3.63) is 30.5 Å². The van der Waals surface area contributed by atoms with Gasteiger partial charge in [-0.2, -0.15) is 5.10 Å². The van der Waals surface area contributed by atoms with E-state index in [4.69, 9.17) is 4.98 Å². The summed E-state index contributed by atoms with van der Waals surface area (Å²) in [6, 6.07) is 0.324. The molecular weight excluding hydrogens is 326 g/mol. The minimum absolute atomic E-state index is 0.237. The number of hydrogen-bond donors (Lipinski definition) is 0. The van der Waals surface area contributed by atoms with Gasteiger partial charge in [0.2, 0.25) is 5.91 Å². The average molecular weight is 355 g/mol. The Morgan fingerprint density at radius 1 is 1.27 bits per heavy atom. The van der Waals surface area contributed by atoms with Gasteiger partial charge in [-0.25, -0.2) is 4.98 Å². The van der Waals surface area contributed by atoms with E-state index in [-0.39, 0.29) is 11.3 Å². The van der Waals surface area contributed by atoms with Crippen molar-refractivity contribution in [2.24, 2.45) is 11.3 Å². The molecule has 1 unspecified atom stereocenters. The molecule has 0 saturated carbocycles. The topological polar surface area (TPSA) is 63.9 Å². The minimum Gasteiger partial charge on any atom is -0.342 e. The maximum absolute atomic E-state index is 12.4. The van der Waals surface area contributed by atoms with Gasteiger partial charge in [0.15, 0.2) is 0 Å². The summed E-state index contributed by atoms with van der Waals surface area (Å²) in [4.78, 5) is 23.6. The highest BCUT2D eigenvalue weighted by Crippen LogP contribution is 2.26. The van der Waals surface area contributed by atoms with Crippen molar-refractivity contribution in [2.75, 3.05) is 13.1 Å². The van der Waals surface area contributed by atoms with Crippen LogP contribution in [0.3, 0.4) is 0 Å². The summed E-state index contributed by atoms with van der Waals surface area (Å²) >= 11 is 0. The standard InChI is InChI=1S/C20H29N5O/c1-14(2)25-13-16(9-22-25)18-11-21-10-17(23-18)8-15-6-7-24(12-15)19(26)20(3,4)5/h9-11,13-15H,6-8,12H2,1-5H3. The van der Waals surface area contributed by atoms with E-state index in [1.54, 1.807) is 6.20 Å². The van der Waals surface area contributed by atoms with Crippen molar-refractivity contribution >= 4 is 5.91 Å². The van der Waals surface area contributed by atoms with E-state index >= 15 is 0 Å². The summed E-state index contributed by atoms with van der Waals surface area (Å²) in [7, 11) is 0. The highest BCUT2D eigenvalue weighted by molar-refractivity contribution is 5.81. The lowest BCUT2D eigenvalue weighted by Crippen LogP contribution is -2.38. The first-order valence-electron chi connectivity index (χ1n) is 9.39. The van der Waals surface area contributed by atoms with Crippen molar-refractivity contribution in [3.63, 3.8) is 0 Å². The zero-order chi connectivity index (χ0) is 18.9. The van der Waals surface area contributed by atoms with Crippen LogP contribution in [0, 0.1) is 11.3 Å². The Bertz CT molecular complexity index is 775. The molecule has 1 saturated heterocycles. The molecule has 3 heterocycles. The Kier molecular flexibility index (Phi) is 5.12. The van der Waals surface area contributed by atoms with Crippen LogP contribution in [0.5, 0.6) is 0 Å². The molecule has 140 valence electrons. The Morgan fingerprint density at radius 3 is 2.69 bits per heavy atom. The summed E-state index contributed by atoms with van der Waals surface area (Å²) < 4.78 is 1.93. The van der Waals surface area contributed by atoms with Crippen LogP contribution in [0.15, 0.2) is 24.8 Å². The van der Waals surface area contributed by atoms with E-state index in [0.29, 0.717) is 12.0 Å². The fraction of sp³-hybridized carbons (Fsp3) is 0.600. The van der Waals surface area contributed by atoms with Crippen molar-refractivity contribution in [1.82, 2.24) is 24.6 Å². The van der Waals surface area contributed by atoms with Crippen LogP contribution in [-0.2, 0) is 11.2 Å². The lowest BCUT2D eigenvalue weighted by Gasteiger charge is -2.25. The monoisotopic (exact) mass is 355 g/mol. The second-order valence-corrected chi connectivity index (χ2v) is 8.56. The van der Waals surface area contributed by atoms with Gasteiger partial charge >= 0.3 is 0 Å². The largest absolute Gasteiger partial charge is 0.342 e. The summed E-state index contributed by atoms with van der Waals surface area (Å²) in [6.07, 6.45) is 9.36. The van der Waals surface area contributed by atoms with Crippen LogP contribution in [0.25, 0.3) is 11.3 Å². The first kappa shape index (κ1) is 18.5. The summed E-state index contributed by atoms with van der Waals surface area (Å²) in [6.45, 7) is 11.8. The summed E-state index contributed by atoms with van der Waals surface area (Å²) in [5.41, 5.74) is 2.51. The molecule has 6 nitrogen and oxygen atoms in total. The average Bonchev–Trinajstić information content (AvgIpc) is 3.23. The third-order valence-electron chi connectivity index (χ3n) is 4.82. The smallest absolute Gasteiger partial charge is 0.227 e. The van der Waals surface area contributed by atoms with E-state index in [1.807, 2.05) is 48.9 Å². The molecule has 26 heavy (non-hydrogen) atoms.